The van der Waals surface area contributed by atoms with Gasteiger partial charge in [0.2, 0.25) is 5.91 Å². The SMILES string of the molecule is COCCn1cc2c(n1)C(NC(=O)CCc1cn(C)c3ccccc13)CCC2. The lowest BCUT2D eigenvalue weighted by Crippen LogP contribution is -2.31. The van der Waals surface area contributed by atoms with Crippen LogP contribution in [0.5, 0.6) is 0 Å². The normalized spacial score (nSPS) is 16.3. The standard InChI is InChI=1S/C22H28N4O2/c1-25-14-16(18-7-3-4-9-20(18)25)10-11-21(27)23-19-8-5-6-17-15-26(12-13-28-2)24-22(17)19/h3-4,7,9,14-15,19H,5-6,8,10-13H2,1-2H3,(H,23,27). The van der Waals surface area contributed by atoms with E-state index in [-0.39, 0.29) is 11.9 Å². The zero-order valence-corrected chi connectivity index (χ0v) is 16.6. The van der Waals surface area contributed by atoms with Gasteiger partial charge in [-0.25, -0.2) is 0 Å². The van der Waals surface area contributed by atoms with Crippen molar-refractivity contribution in [1.29, 1.82) is 0 Å². The van der Waals surface area contributed by atoms with Crippen molar-refractivity contribution in [2.75, 3.05) is 13.7 Å². The van der Waals surface area contributed by atoms with Crippen LogP contribution in [0.4, 0.5) is 0 Å². The van der Waals surface area contributed by atoms with Gasteiger partial charge in [0.15, 0.2) is 0 Å². The molecule has 2 heterocycles. The van der Waals surface area contributed by atoms with E-state index in [0.29, 0.717) is 13.0 Å². The second kappa shape index (κ2) is 8.19. The van der Waals surface area contributed by atoms with E-state index in [0.717, 1.165) is 37.9 Å². The zero-order valence-electron chi connectivity index (χ0n) is 16.6. The lowest BCUT2D eigenvalue weighted by molar-refractivity contribution is -0.121. The third kappa shape index (κ3) is 3.83. The molecule has 0 fully saturated rings. The van der Waals surface area contributed by atoms with Crippen molar-refractivity contribution in [1.82, 2.24) is 19.7 Å². The monoisotopic (exact) mass is 380 g/mol. The second-order valence-electron chi connectivity index (χ2n) is 7.59. The molecular formula is C22H28N4O2. The number of nitrogens with one attached hydrogen (secondary N) is 1. The molecule has 1 amide bonds. The van der Waals surface area contributed by atoms with Gasteiger partial charge in [-0.05, 0) is 42.9 Å². The number of ether oxygens (including phenoxy) is 1. The molecule has 1 N–H and O–H groups in total. The first kappa shape index (κ1) is 18.7. The van der Waals surface area contributed by atoms with Gasteiger partial charge >= 0.3 is 0 Å². The number of amides is 1. The molecule has 0 spiro atoms. The van der Waals surface area contributed by atoms with Crippen molar-refractivity contribution < 1.29 is 9.53 Å². The fourth-order valence-electron chi connectivity index (χ4n) is 4.18. The van der Waals surface area contributed by atoms with Crippen LogP contribution in [0.2, 0.25) is 0 Å². The second-order valence-corrected chi connectivity index (χ2v) is 7.59. The largest absolute Gasteiger partial charge is 0.383 e. The van der Waals surface area contributed by atoms with Gasteiger partial charge in [0.05, 0.1) is 24.9 Å². The molecule has 0 radical (unpaired) electrons. The van der Waals surface area contributed by atoms with Gasteiger partial charge in [-0.1, -0.05) is 18.2 Å². The molecule has 1 aromatic carbocycles. The Hall–Kier alpha value is -2.60. The Bertz CT molecular complexity index is 972. The summed E-state index contributed by atoms with van der Waals surface area (Å²) < 4.78 is 9.21. The fraction of sp³-hybridized carbons (Fsp3) is 0.455. The Morgan fingerprint density at radius 2 is 2.18 bits per heavy atom. The summed E-state index contributed by atoms with van der Waals surface area (Å²) in [5, 5.41) is 9.15. The number of carbonyl (C=O) groups excluding carboxylic acids is 1. The number of hydrogen-bond donors (Lipinski definition) is 1. The van der Waals surface area contributed by atoms with Crippen LogP contribution in [0.3, 0.4) is 0 Å². The van der Waals surface area contributed by atoms with Gasteiger partial charge in [-0.2, -0.15) is 5.10 Å². The van der Waals surface area contributed by atoms with Crippen molar-refractivity contribution in [3.63, 3.8) is 0 Å². The van der Waals surface area contributed by atoms with Crippen molar-refractivity contribution in [3.8, 4) is 0 Å². The van der Waals surface area contributed by atoms with E-state index >= 15 is 0 Å². The number of aromatic nitrogens is 3. The summed E-state index contributed by atoms with van der Waals surface area (Å²) >= 11 is 0. The van der Waals surface area contributed by atoms with Gasteiger partial charge in [-0.3, -0.25) is 9.48 Å². The van der Waals surface area contributed by atoms with E-state index in [1.807, 2.05) is 10.7 Å². The minimum atomic E-state index is 0.0209. The van der Waals surface area contributed by atoms with E-state index in [1.165, 1.54) is 22.0 Å². The van der Waals surface area contributed by atoms with E-state index in [9.17, 15) is 4.79 Å². The molecule has 1 aliphatic rings. The molecule has 2 aromatic heterocycles. The van der Waals surface area contributed by atoms with Gasteiger partial charge < -0.3 is 14.6 Å². The predicted molar refractivity (Wildman–Crippen MR) is 109 cm³/mol. The van der Waals surface area contributed by atoms with Crippen LogP contribution in [0.1, 0.15) is 42.1 Å². The summed E-state index contributed by atoms with van der Waals surface area (Å²) in [6.45, 7) is 1.38. The smallest absolute Gasteiger partial charge is 0.220 e. The van der Waals surface area contributed by atoms with Gasteiger partial charge in [0.1, 0.15) is 0 Å². The van der Waals surface area contributed by atoms with Crippen LogP contribution in [0.25, 0.3) is 10.9 Å². The number of rotatable bonds is 7. The first-order valence-corrected chi connectivity index (χ1v) is 10.0. The molecule has 4 rings (SSSR count). The average Bonchev–Trinajstić information content (AvgIpc) is 3.27. The molecule has 1 aliphatic carbocycles. The highest BCUT2D eigenvalue weighted by Gasteiger charge is 2.25. The molecule has 0 aliphatic heterocycles. The third-order valence-corrected chi connectivity index (χ3v) is 5.60. The average molecular weight is 380 g/mol. The van der Waals surface area contributed by atoms with Gasteiger partial charge in [0.25, 0.3) is 0 Å². The first-order valence-electron chi connectivity index (χ1n) is 10.0. The summed E-state index contributed by atoms with van der Waals surface area (Å²) in [5.41, 5.74) is 4.71. The zero-order chi connectivity index (χ0) is 19.5. The molecule has 148 valence electrons. The highest BCUT2D eigenvalue weighted by molar-refractivity contribution is 5.85. The number of hydrogen-bond acceptors (Lipinski definition) is 3. The molecule has 6 nitrogen and oxygen atoms in total. The first-order chi connectivity index (χ1) is 13.7. The molecule has 1 atom stereocenters. The van der Waals surface area contributed by atoms with Crippen molar-refractivity contribution in [2.45, 2.75) is 44.7 Å². The summed E-state index contributed by atoms with van der Waals surface area (Å²) in [6.07, 6.45) is 8.53. The fourth-order valence-corrected chi connectivity index (χ4v) is 4.18. The summed E-state index contributed by atoms with van der Waals surface area (Å²) in [6, 6.07) is 8.36. The number of benzene rings is 1. The van der Waals surface area contributed by atoms with Crippen molar-refractivity contribution in [2.24, 2.45) is 7.05 Å². The Morgan fingerprint density at radius 3 is 3.04 bits per heavy atom. The third-order valence-electron chi connectivity index (χ3n) is 5.60. The Kier molecular flexibility index (Phi) is 5.48. The highest BCUT2D eigenvalue weighted by Crippen LogP contribution is 2.29. The van der Waals surface area contributed by atoms with Crippen LogP contribution in [0.15, 0.2) is 36.7 Å². The number of aryl methyl sites for hydroxylation is 3. The number of nitrogens with zero attached hydrogens (tertiary/aromatic N) is 3. The van der Waals surface area contributed by atoms with E-state index in [1.54, 1.807) is 7.11 Å². The molecule has 3 aromatic rings. The van der Waals surface area contributed by atoms with Crippen molar-refractivity contribution in [3.05, 3.63) is 53.5 Å². The summed E-state index contributed by atoms with van der Waals surface area (Å²) in [4.78, 5) is 12.6. The molecule has 0 saturated carbocycles. The molecule has 0 saturated heterocycles. The maximum Gasteiger partial charge on any atom is 0.220 e. The molecule has 28 heavy (non-hydrogen) atoms. The predicted octanol–water partition coefficient (Wildman–Crippen LogP) is 3.15. The Morgan fingerprint density at radius 1 is 1.32 bits per heavy atom. The quantitative estimate of drug-likeness (QED) is 0.685. The minimum Gasteiger partial charge on any atom is -0.383 e. The van der Waals surface area contributed by atoms with Gasteiger partial charge in [0, 0.05) is 43.9 Å². The maximum atomic E-state index is 12.6. The lowest BCUT2D eigenvalue weighted by atomic mass is 9.93. The van der Waals surface area contributed by atoms with Crippen LogP contribution in [0, 0.1) is 0 Å². The molecule has 6 heteroatoms. The minimum absolute atomic E-state index is 0.0209. The molecular weight excluding hydrogens is 352 g/mol. The number of fused-ring (bicyclic) bond motifs is 2. The van der Waals surface area contributed by atoms with Crippen LogP contribution in [-0.4, -0.2) is 34.0 Å². The molecule has 1 unspecified atom stereocenters. The summed E-state index contributed by atoms with van der Waals surface area (Å²) in [7, 11) is 3.75. The van der Waals surface area contributed by atoms with E-state index in [4.69, 9.17) is 9.84 Å². The van der Waals surface area contributed by atoms with E-state index in [2.05, 4.69) is 47.5 Å². The van der Waals surface area contributed by atoms with Crippen LogP contribution in [-0.2, 0) is 36.0 Å². The van der Waals surface area contributed by atoms with Crippen molar-refractivity contribution >= 4 is 16.8 Å². The number of methoxy groups -OCH3 is 1. The van der Waals surface area contributed by atoms with E-state index < -0.39 is 0 Å². The van der Waals surface area contributed by atoms with Crippen LogP contribution < -0.4 is 5.32 Å². The highest BCUT2D eigenvalue weighted by atomic mass is 16.5. The topological polar surface area (TPSA) is 61.1 Å². The number of para-hydroxylation sites is 1. The lowest BCUT2D eigenvalue weighted by Gasteiger charge is -2.22. The molecule has 0 bridgehead atoms. The Labute approximate surface area is 165 Å². The maximum absolute atomic E-state index is 12.6. The summed E-state index contributed by atoms with van der Waals surface area (Å²) in [5.74, 6) is 0.0947. The van der Waals surface area contributed by atoms with Crippen LogP contribution >= 0.6 is 0 Å². The number of carbonyl (C=O) groups is 1. The Balaban J connectivity index is 1.40. The van der Waals surface area contributed by atoms with Gasteiger partial charge in [-0.15, -0.1) is 0 Å².